The second-order valence-electron chi connectivity index (χ2n) is 16.9. The van der Waals surface area contributed by atoms with Gasteiger partial charge in [0.25, 0.3) is 0 Å². The number of carboxylic acid groups (broad SMARTS) is 1. The number of piperidine rings is 1. The van der Waals surface area contributed by atoms with Crippen LogP contribution in [0.2, 0.25) is 0 Å². The standard InChI is InChI=1S/C42H57FN2O4/c1-28-35(38(39(46)47)49-40(2,3)4)37(45-24-22-42(7,8)23-25-45)36(34(44-28)27-30-17-20-41(5,6)21-18-30)31-11-15-33(16-12-31)48-26-19-29-9-13-32(43)14-10-29/h9-16,30,38H,17-27H2,1-8H3,(H,46,47)/t38-/m0/s1. The molecule has 2 heterocycles. The molecule has 6 nitrogen and oxygen atoms in total. The summed E-state index contributed by atoms with van der Waals surface area (Å²) in [6.45, 7) is 19.2. The van der Waals surface area contributed by atoms with Crippen molar-refractivity contribution in [1.29, 1.82) is 0 Å². The number of aryl methyl sites for hydroxylation is 1. The summed E-state index contributed by atoms with van der Waals surface area (Å²) >= 11 is 0. The number of hydrogen-bond acceptors (Lipinski definition) is 5. The third-order valence-corrected chi connectivity index (χ3v) is 10.5. The first-order valence-electron chi connectivity index (χ1n) is 18.2. The van der Waals surface area contributed by atoms with Crippen molar-refractivity contribution in [3.8, 4) is 16.9 Å². The van der Waals surface area contributed by atoms with E-state index in [1.807, 2.05) is 39.8 Å². The van der Waals surface area contributed by atoms with Gasteiger partial charge >= 0.3 is 5.97 Å². The molecule has 0 spiro atoms. The molecule has 49 heavy (non-hydrogen) atoms. The van der Waals surface area contributed by atoms with E-state index in [1.54, 1.807) is 12.1 Å². The lowest BCUT2D eigenvalue weighted by molar-refractivity contribution is -0.160. The van der Waals surface area contributed by atoms with Gasteiger partial charge in [-0.1, -0.05) is 52.0 Å². The molecule has 266 valence electrons. The van der Waals surface area contributed by atoms with Gasteiger partial charge in [-0.3, -0.25) is 4.98 Å². The molecule has 0 radical (unpaired) electrons. The van der Waals surface area contributed by atoms with E-state index >= 15 is 0 Å². The minimum atomic E-state index is -1.16. The van der Waals surface area contributed by atoms with Gasteiger partial charge in [-0.05, 0) is 125 Å². The maximum atomic E-state index is 13.4. The molecule has 7 heteroatoms. The van der Waals surface area contributed by atoms with Crippen molar-refractivity contribution >= 4 is 11.7 Å². The Morgan fingerprint density at radius 2 is 1.55 bits per heavy atom. The molecule has 1 aliphatic carbocycles. The second-order valence-corrected chi connectivity index (χ2v) is 16.9. The molecular weight excluding hydrogens is 615 g/mol. The number of aromatic nitrogens is 1. The molecular formula is C42H57FN2O4. The van der Waals surface area contributed by atoms with E-state index < -0.39 is 17.7 Å². The van der Waals surface area contributed by atoms with Crippen molar-refractivity contribution in [2.45, 2.75) is 118 Å². The highest BCUT2D eigenvalue weighted by Crippen LogP contribution is 2.47. The first-order chi connectivity index (χ1) is 23.0. The Kier molecular flexibility index (Phi) is 11.1. The molecule has 3 aromatic rings. The van der Waals surface area contributed by atoms with Crippen molar-refractivity contribution in [2.24, 2.45) is 16.7 Å². The number of rotatable bonds is 11. The van der Waals surface area contributed by atoms with Gasteiger partial charge in [-0.25, -0.2) is 9.18 Å². The number of anilines is 1. The average Bonchev–Trinajstić information content (AvgIpc) is 3.02. The van der Waals surface area contributed by atoms with E-state index in [4.69, 9.17) is 14.5 Å². The maximum absolute atomic E-state index is 13.4. The summed E-state index contributed by atoms with van der Waals surface area (Å²) in [7, 11) is 0. The molecule has 1 saturated heterocycles. The SMILES string of the molecule is Cc1nc(CC2CCC(C)(C)CC2)c(-c2ccc(OCCc3ccc(F)cc3)cc2)c(N2CCC(C)(C)CC2)c1[C@H](OC(C)(C)C)C(=O)O. The van der Waals surface area contributed by atoms with E-state index in [2.05, 4.69) is 44.7 Å². The molecule has 1 aromatic heterocycles. The van der Waals surface area contributed by atoms with Crippen LogP contribution in [0.5, 0.6) is 5.75 Å². The van der Waals surface area contributed by atoms with E-state index in [0.717, 1.165) is 84.7 Å². The van der Waals surface area contributed by atoms with E-state index in [9.17, 15) is 14.3 Å². The number of pyridine rings is 1. The fraction of sp³-hybridized carbons (Fsp3) is 0.571. The zero-order valence-corrected chi connectivity index (χ0v) is 31.0. The Labute approximate surface area is 293 Å². The van der Waals surface area contributed by atoms with Crippen molar-refractivity contribution in [3.63, 3.8) is 0 Å². The van der Waals surface area contributed by atoms with Crippen LogP contribution in [0.15, 0.2) is 48.5 Å². The molecule has 2 aromatic carbocycles. The molecule has 2 fully saturated rings. The normalized spacial score (nSPS) is 18.7. The number of benzene rings is 2. The fourth-order valence-electron chi connectivity index (χ4n) is 7.37. The van der Waals surface area contributed by atoms with Crippen molar-refractivity contribution in [3.05, 3.63) is 76.9 Å². The minimum Gasteiger partial charge on any atom is -0.493 e. The second kappa shape index (κ2) is 14.8. The largest absolute Gasteiger partial charge is 0.493 e. The quantitative estimate of drug-likeness (QED) is 0.219. The summed E-state index contributed by atoms with van der Waals surface area (Å²) < 4.78 is 25.8. The van der Waals surface area contributed by atoms with Gasteiger partial charge in [-0.15, -0.1) is 0 Å². The summed E-state index contributed by atoms with van der Waals surface area (Å²) in [6.07, 6.45) is 7.11. The minimum absolute atomic E-state index is 0.220. The van der Waals surface area contributed by atoms with Gasteiger partial charge in [0, 0.05) is 36.3 Å². The summed E-state index contributed by atoms with van der Waals surface area (Å²) in [5.74, 6) is 0.0281. The molecule has 0 bridgehead atoms. The highest BCUT2D eigenvalue weighted by molar-refractivity contribution is 5.88. The lowest BCUT2D eigenvalue weighted by Crippen LogP contribution is -2.39. The fourth-order valence-corrected chi connectivity index (χ4v) is 7.37. The van der Waals surface area contributed by atoms with Crippen molar-refractivity contribution in [1.82, 2.24) is 4.98 Å². The predicted octanol–water partition coefficient (Wildman–Crippen LogP) is 10.1. The van der Waals surface area contributed by atoms with Gasteiger partial charge in [-0.2, -0.15) is 0 Å². The van der Waals surface area contributed by atoms with Crippen LogP contribution in [0.1, 0.15) is 116 Å². The summed E-state index contributed by atoms with van der Waals surface area (Å²) in [5, 5.41) is 10.7. The van der Waals surface area contributed by atoms with Crippen molar-refractivity contribution < 1.29 is 23.8 Å². The zero-order chi connectivity index (χ0) is 35.6. The maximum Gasteiger partial charge on any atom is 0.337 e. The lowest BCUT2D eigenvalue weighted by Gasteiger charge is -2.41. The van der Waals surface area contributed by atoms with Crippen LogP contribution in [0.25, 0.3) is 11.1 Å². The Morgan fingerprint density at radius 1 is 0.959 bits per heavy atom. The highest BCUT2D eigenvalue weighted by Gasteiger charge is 2.37. The highest BCUT2D eigenvalue weighted by atomic mass is 19.1. The molecule has 1 aliphatic heterocycles. The van der Waals surface area contributed by atoms with Crippen molar-refractivity contribution in [2.75, 3.05) is 24.6 Å². The van der Waals surface area contributed by atoms with E-state index in [-0.39, 0.29) is 11.2 Å². The van der Waals surface area contributed by atoms with E-state index in [1.165, 1.54) is 25.0 Å². The Bertz CT molecular complexity index is 1570. The number of ether oxygens (including phenoxy) is 2. The summed E-state index contributed by atoms with van der Waals surface area (Å²) in [6, 6.07) is 14.7. The van der Waals surface area contributed by atoms with Crippen LogP contribution in [-0.2, 0) is 22.4 Å². The first-order valence-corrected chi connectivity index (χ1v) is 18.2. The van der Waals surface area contributed by atoms with Gasteiger partial charge in [0.15, 0.2) is 6.10 Å². The number of aliphatic carboxylic acids is 1. The Hall–Kier alpha value is -3.45. The van der Waals surface area contributed by atoms with Gasteiger partial charge in [0.1, 0.15) is 11.6 Å². The molecule has 0 amide bonds. The zero-order valence-electron chi connectivity index (χ0n) is 31.0. The number of hydrogen-bond donors (Lipinski definition) is 1. The van der Waals surface area contributed by atoms with Crippen LogP contribution in [-0.4, -0.2) is 41.4 Å². The smallest absolute Gasteiger partial charge is 0.337 e. The number of nitrogens with zero attached hydrogens (tertiary/aromatic N) is 2. The third-order valence-electron chi connectivity index (χ3n) is 10.5. The number of carbonyl (C=O) groups is 1. The van der Waals surface area contributed by atoms with Gasteiger partial charge in [0.2, 0.25) is 0 Å². The average molecular weight is 673 g/mol. The monoisotopic (exact) mass is 672 g/mol. The summed E-state index contributed by atoms with van der Waals surface area (Å²) in [4.78, 5) is 20.7. The van der Waals surface area contributed by atoms with Crippen LogP contribution >= 0.6 is 0 Å². The van der Waals surface area contributed by atoms with Crippen LogP contribution in [0, 0.1) is 29.5 Å². The third kappa shape index (κ3) is 9.62. The molecule has 5 rings (SSSR count). The molecule has 2 aliphatic rings. The van der Waals surface area contributed by atoms with Crippen LogP contribution < -0.4 is 9.64 Å². The van der Waals surface area contributed by atoms with Crippen LogP contribution in [0.3, 0.4) is 0 Å². The molecule has 1 saturated carbocycles. The lowest BCUT2D eigenvalue weighted by atomic mass is 9.71. The molecule has 1 atom stereocenters. The Balaban J connectivity index is 1.59. The van der Waals surface area contributed by atoms with Crippen LogP contribution in [0.4, 0.5) is 10.1 Å². The van der Waals surface area contributed by atoms with Gasteiger partial charge in [0.05, 0.1) is 23.6 Å². The molecule has 0 unspecified atom stereocenters. The molecule has 1 N–H and O–H groups in total. The first kappa shape index (κ1) is 36.8. The summed E-state index contributed by atoms with van der Waals surface area (Å²) in [5.41, 5.74) is 6.34. The topological polar surface area (TPSA) is 71.9 Å². The number of carboxylic acids is 1. The van der Waals surface area contributed by atoms with Gasteiger partial charge < -0.3 is 19.5 Å². The van der Waals surface area contributed by atoms with E-state index in [0.29, 0.717) is 29.9 Å². The Morgan fingerprint density at radius 3 is 2.12 bits per heavy atom. The number of halogens is 1. The predicted molar refractivity (Wildman–Crippen MR) is 196 cm³/mol.